The first-order valence-electron chi connectivity index (χ1n) is 5.84. The van der Waals surface area contributed by atoms with E-state index in [1.165, 1.54) is 25.7 Å². The van der Waals surface area contributed by atoms with Crippen LogP contribution in [-0.4, -0.2) is 30.3 Å². The van der Waals surface area contributed by atoms with Gasteiger partial charge in [0.1, 0.15) is 0 Å². The first-order valence-corrected chi connectivity index (χ1v) is 5.84. The van der Waals surface area contributed by atoms with Gasteiger partial charge in [0.2, 0.25) is 0 Å². The maximum atomic E-state index is 9.41. The molecule has 0 aromatic rings. The lowest BCUT2D eigenvalue weighted by atomic mass is 9.83. The van der Waals surface area contributed by atoms with Crippen molar-refractivity contribution in [3.63, 3.8) is 0 Å². The molecule has 2 saturated carbocycles. The molecule has 0 saturated heterocycles. The summed E-state index contributed by atoms with van der Waals surface area (Å²) in [7, 11) is 0. The quantitative estimate of drug-likeness (QED) is 0.620. The van der Waals surface area contributed by atoms with Gasteiger partial charge in [0, 0.05) is 30.7 Å². The van der Waals surface area contributed by atoms with Gasteiger partial charge in [-0.2, -0.15) is 0 Å². The monoisotopic (exact) mass is 198 g/mol. The average Bonchev–Trinajstić information content (AvgIpc) is 2.60. The standard InChI is InChI=1S/C11H22N2O/c12-9-5-10(6-9)13-7-11(8-14)3-1-2-4-11/h9-10,13-14H,1-8,12H2. The summed E-state index contributed by atoms with van der Waals surface area (Å²) >= 11 is 0. The van der Waals surface area contributed by atoms with Gasteiger partial charge < -0.3 is 16.2 Å². The Hall–Kier alpha value is -0.120. The fourth-order valence-corrected chi connectivity index (χ4v) is 2.71. The Morgan fingerprint density at radius 3 is 2.43 bits per heavy atom. The molecule has 0 heterocycles. The third-order valence-electron chi connectivity index (χ3n) is 3.94. The minimum Gasteiger partial charge on any atom is -0.396 e. The molecule has 0 aromatic carbocycles. The molecule has 0 atom stereocenters. The zero-order valence-electron chi connectivity index (χ0n) is 8.84. The second-order valence-corrected chi connectivity index (χ2v) is 5.17. The molecule has 82 valence electrons. The van der Waals surface area contributed by atoms with Crippen LogP contribution in [0.5, 0.6) is 0 Å². The van der Waals surface area contributed by atoms with Crippen LogP contribution >= 0.6 is 0 Å². The molecule has 2 rings (SSSR count). The van der Waals surface area contributed by atoms with Crippen molar-refractivity contribution in [3.8, 4) is 0 Å². The lowest BCUT2D eigenvalue weighted by Crippen LogP contribution is -2.51. The van der Waals surface area contributed by atoms with E-state index in [2.05, 4.69) is 5.32 Å². The first-order chi connectivity index (χ1) is 6.74. The van der Waals surface area contributed by atoms with Crippen LogP contribution in [0.15, 0.2) is 0 Å². The third-order valence-corrected chi connectivity index (χ3v) is 3.94. The van der Waals surface area contributed by atoms with E-state index in [0.29, 0.717) is 18.7 Å². The fourth-order valence-electron chi connectivity index (χ4n) is 2.71. The molecule has 0 bridgehead atoms. The molecule has 0 aromatic heterocycles. The van der Waals surface area contributed by atoms with Crippen LogP contribution in [0.4, 0.5) is 0 Å². The fraction of sp³-hybridized carbons (Fsp3) is 1.00. The van der Waals surface area contributed by atoms with E-state index in [4.69, 9.17) is 5.73 Å². The molecule has 0 spiro atoms. The van der Waals surface area contributed by atoms with Gasteiger partial charge >= 0.3 is 0 Å². The minimum absolute atomic E-state index is 0.194. The number of aliphatic hydroxyl groups excluding tert-OH is 1. The molecule has 0 amide bonds. The van der Waals surface area contributed by atoms with Crippen molar-refractivity contribution >= 4 is 0 Å². The summed E-state index contributed by atoms with van der Waals surface area (Å²) in [6.07, 6.45) is 7.17. The Morgan fingerprint density at radius 2 is 1.93 bits per heavy atom. The molecule has 0 unspecified atom stereocenters. The van der Waals surface area contributed by atoms with Gasteiger partial charge in [0.15, 0.2) is 0 Å². The first kappa shape index (κ1) is 10.4. The molecule has 0 radical (unpaired) electrons. The van der Waals surface area contributed by atoms with Crippen molar-refractivity contribution in [2.24, 2.45) is 11.1 Å². The summed E-state index contributed by atoms with van der Waals surface area (Å²) in [5.74, 6) is 0. The molecule has 3 nitrogen and oxygen atoms in total. The number of hydrogen-bond acceptors (Lipinski definition) is 3. The van der Waals surface area contributed by atoms with Gasteiger partial charge in [-0.25, -0.2) is 0 Å². The van der Waals surface area contributed by atoms with Crippen LogP contribution in [0.3, 0.4) is 0 Å². The van der Waals surface area contributed by atoms with Gasteiger partial charge in [0.05, 0.1) is 0 Å². The van der Waals surface area contributed by atoms with Gasteiger partial charge in [-0.05, 0) is 25.7 Å². The van der Waals surface area contributed by atoms with Gasteiger partial charge in [-0.15, -0.1) is 0 Å². The summed E-state index contributed by atoms with van der Waals surface area (Å²) < 4.78 is 0. The number of nitrogens with one attached hydrogen (secondary N) is 1. The molecule has 2 fully saturated rings. The van der Waals surface area contributed by atoms with E-state index in [0.717, 1.165) is 19.4 Å². The molecule has 2 aliphatic rings. The van der Waals surface area contributed by atoms with Crippen molar-refractivity contribution in [2.45, 2.75) is 50.6 Å². The maximum absolute atomic E-state index is 9.41. The molecule has 3 heteroatoms. The lowest BCUT2D eigenvalue weighted by molar-refractivity contribution is 0.117. The van der Waals surface area contributed by atoms with Crippen LogP contribution in [0.1, 0.15) is 38.5 Å². The van der Waals surface area contributed by atoms with Crippen LogP contribution in [-0.2, 0) is 0 Å². The molecule has 4 N–H and O–H groups in total. The summed E-state index contributed by atoms with van der Waals surface area (Å²) in [5.41, 5.74) is 5.92. The lowest BCUT2D eigenvalue weighted by Gasteiger charge is -2.37. The Bertz CT molecular complexity index is 184. The Kier molecular flexibility index (Phi) is 3.10. The topological polar surface area (TPSA) is 58.3 Å². The van der Waals surface area contributed by atoms with Crippen LogP contribution in [0.2, 0.25) is 0 Å². The maximum Gasteiger partial charge on any atom is 0.0499 e. The van der Waals surface area contributed by atoms with Crippen molar-refractivity contribution in [2.75, 3.05) is 13.2 Å². The third kappa shape index (κ3) is 2.10. The van der Waals surface area contributed by atoms with E-state index in [1.807, 2.05) is 0 Å². The highest BCUT2D eigenvalue weighted by Gasteiger charge is 2.35. The minimum atomic E-state index is 0.194. The zero-order valence-corrected chi connectivity index (χ0v) is 8.84. The predicted molar refractivity (Wildman–Crippen MR) is 57.0 cm³/mol. The van der Waals surface area contributed by atoms with E-state index >= 15 is 0 Å². The van der Waals surface area contributed by atoms with Crippen LogP contribution in [0.25, 0.3) is 0 Å². The Balaban J connectivity index is 1.72. The molecule has 2 aliphatic carbocycles. The smallest absolute Gasteiger partial charge is 0.0499 e. The number of nitrogens with two attached hydrogens (primary N) is 1. The predicted octanol–water partition coefficient (Wildman–Crippen LogP) is 0.618. The highest BCUT2D eigenvalue weighted by atomic mass is 16.3. The summed E-state index contributed by atoms with van der Waals surface area (Å²) in [4.78, 5) is 0. The molecular formula is C11H22N2O. The van der Waals surface area contributed by atoms with Crippen LogP contribution in [0, 0.1) is 5.41 Å². The van der Waals surface area contributed by atoms with Crippen molar-refractivity contribution < 1.29 is 5.11 Å². The molecular weight excluding hydrogens is 176 g/mol. The van der Waals surface area contributed by atoms with E-state index in [1.54, 1.807) is 0 Å². The summed E-state index contributed by atoms with van der Waals surface area (Å²) in [6.45, 7) is 1.33. The zero-order chi connectivity index (χ0) is 10.0. The molecule has 0 aliphatic heterocycles. The van der Waals surface area contributed by atoms with Crippen LogP contribution < -0.4 is 11.1 Å². The van der Waals surface area contributed by atoms with Crippen molar-refractivity contribution in [3.05, 3.63) is 0 Å². The van der Waals surface area contributed by atoms with Gasteiger partial charge in [-0.3, -0.25) is 0 Å². The average molecular weight is 198 g/mol. The molecule has 14 heavy (non-hydrogen) atoms. The van der Waals surface area contributed by atoms with E-state index < -0.39 is 0 Å². The van der Waals surface area contributed by atoms with Crippen molar-refractivity contribution in [1.82, 2.24) is 5.32 Å². The Morgan fingerprint density at radius 1 is 1.29 bits per heavy atom. The largest absolute Gasteiger partial charge is 0.396 e. The van der Waals surface area contributed by atoms with E-state index in [-0.39, 0.29) is 5.41 Å². The van der Waals surface area contributed by atoms with E-state index in [9.17, 15) is 5.11 Å². The normalized spacial score (nSPS) is 35.6. The number of aliphatic hydroxyl groups is 1. The highest BCUT2D eigenvalue weighted by Crippen LogP contribution is 2.37. The summed E-state index contributed by atoms with van der Waals surface area (Å²) in [6, 6.07) is 1.04. The number of hydrogen-bond donors (Lipinski definition) is 3. The van der Waals surface area contributed by atoms with Crippen molar-refractivity contribution in [1.29, 1.82) is 0 Å². The Labute approximate surface area is 86.1 Å². The van der Waals surface area contributed by atoms with Gasteiger partial charge in [-0.1, -0.05) is 12.8 Å². The number of rotatable bonds is 4. The second kappa shape index (κ2) is 4.17. The SMILES string of the molecule is NC1CC(NCC2(CO)CCCC2)C1. The summed E-state index contributed by atoms with van der Waals surface area (Å²) in [5, 5.41) is 13.0. The highest BCUT2D eigenvalue weighted by molar-refractivity contribution is 4.92. The van der Waals surface area contributed by atoms with Gasteiger partial charge in [0.25, 0.3) is 0 Å². The second-order valence-electron chi connectivity index (χ2n) is 5.17.